The highest BCUT2D eigenvalue weighted by atomic mass is 16.4. The van der Waals surface area contributed by atoms with Crippen molar-refractivity contribution < 1.29 is 9.90 Å². The first-order chi connectivity index (χ1) is 7.68. The van der Waals surface area contributed by atoms with Gasteiger partial charge in [0, 0.05) is 0 Å². The van der Waals surface area contributed by atoms with Crippen LogP contribution >= 0.6 is 0 Å². The average molecular weight is 219 g/mol. The Morgan fingerprint density at radius 2 is 2.12 bits per heavy atom. The highest BCUT2D eigenvalue weighted by molar-refractivity contribution is 5.76. The maximum absolute atomic E-state index is 11.3. The van der Waals surface area contributed by atoms with Crippen molar-refractivity contribution in [2.75, 3.05) is 13.1 Å². The van der Waals surface area contributed by atoms with Crippen LogP contribution in [0.15, 0.2) is 24.3 Å². The third-order valence-electron chi connectivity index (χ3n) is 3.27. The van der Waals surface area contributed by atoms with Gasteiger partial charge >= 0.3 is 5.97 Å². The summed E-state index contributed by atoms with van der Waals surface area (Å²) in [6.07, 6.45) is 0.949. The monoisotopic (exact) mass is 219 g/mol. The molecule has 0 radical (unpaired) electrons. The minimum Gasteiger partial charge on any atom is -0.481 e. The molecule has 1 fully saturated rings. The molecular formula is C13H17NO2. The van der Waals surface area contributed by atoms with E-state index < -0.39 is 5.97 Å². The Morgan fingerprint density at radius 3 is 2.62 bits per heavy atom. The summed E-state index contributed by atoms with van der Waals surface area (Å²) >= 11 is 0. The minimum atomic E-state index is -0.711. The summed E-state index contributed by atoms with van der Waals surface area (Å²) in [6.45, 7) is 3.75. The number of carboxylic acid groups (broad SMARTS) is 1. The Morgan fingerprint density at radius 1 is 1.44 bits per heavy atom. The van der Waals surface area contributed by atoms with Gasteiger partial charge in [0.05, 0.1) is 5.92 Å². The van der Waals surface area contributed by atoms with Gasteiger partial charge in [0.2, 0.25) is 0 Å². The third kappa shape index (κ3) is 2.25. The van der Waals surface area contributed by atoms with E-state index >= 15 is 0 Å². The van der Waals surface area contributed by atoms with Crippen molar-refractivity contribution in [1.29, 1.82) is 0 Å². The van der Waals surface area contributed by atoms with E-state index in [2.05, 4.69) is 5.32 Å². The summed E-state index contributed by atoms with van der Waals surface area (Å²) in [5, 5.41) is 12.6. The highest BCUT2D eigenvalue weighted by Gasteiger charge is 2.31. The molecule has 0 amide bonds. The topological polar surface area (TPSA) is 49.3 Å². The maximum atomic E-state index is 11.3. The van der Waals surface area contributed by atoms with Crippen molar-refractivity contribution in [2.45, 2.75) is 19.3 Å². The molecule has 16 heavy (non-hydrogen) atoms. The van der Waals surface area contributed by atoms with Gasteiger partial charge in [-0.1, -0.05) is 29.8 Å². The number of carbonyl (C=O) groups is 1. The molecule has 0 aliphatic carbocycles. The number of carboxylic acids is 1. The Kier molecular flexibility index (Phi) is 3.25. The van der Waals surface area contributed by atoms with Gasteiger partial charge < -0.3 is 10.4 Å². The number of hydrogen-bond donors (Lipinski definition) is 2. The predicted molar refractivity (Wildman–Crippen MR) is 62.5 cm³/mol. The van der Waals surface area contributed by atoms with Crippen molar-refractivity contribution in [3.8, 4) is 0 Å². The number of hydrogen-bond acceptors (Lipinski definition) is 2. The second kappa shape index (κ2) is 4.66. The van der Waals surface area contributed by atoms with E-state index in [1.165, 1.54) is 0 Å². The second-order valence-electron chi connectivity index (χ2n) is 4.48. The first-order valence-electron chi connectivity index (χ1n) is 5.68. The molecule has 2 atom stereocenters. The lowest BCUT2D eigenvalue weighted by atomic mass is 9.85. The average Bonchev–Trinajstić information content (AvgIpc) is 2.74. The van der Waals surface area contributed by atoms with Gasteiger partial charge in [-0.2, -0.15) is 0 Å². The van der Waals surface area contributed by atoms with Crippen LogP contribution in [0.4, 0.5) is 0 Å². The van der Waals surface area contributed by atoms with Crippen LogP contribution in [0.1, 0.15) is 23.5 Å². The molecule has 3 nitrogen and oxygen atoms in total. The first kappa shape index (κ1) is 11.1. The summed E-state index contributed by atoms with van der Waals surface area (Å²) < 4.78 is 0. The van der Waals surface area contributed by atoms with Crippen molar-refractivity contribution in [3.63, 3.8) is 0 Å². The predicted octanol–water partition coefficient (Wildman–Crippen LogP) is 1.77. The van der Waals surface area contributed by atoms with Crippen LogP contribution < -0.4 is 5.32 Å². The molecule has 1 saturated heterocycles. The zero-order valence-corrected chi connectivity index (χ0v) is 9.44. The Hall–Kier alpha value is -1.35. The zero-order valence-electron chi connectivity index (χ0n) is 9.44. The van der Waals surface area contributed by atoms with Crippen LogP contribution in [0.5, 0.6) is 0 Å². The summed E-state index contributed by atoms with van der Waals surface area (Å²) in [5.41, 5.74) is 2.09. The smallest absolute Gasteiger partial charge is 0.311 e. The lowest BCUT2D eigenvalue weighted by Crippen LogP contribution is -2.23. The molecule has 2 N–H and O–H groups in total. The van der Waals surface area contributed by atoms with Crippen molar-refractivity contribution in [1.82, 2.24) is 5.32 Å². The van der Waals surface area contributed by atoms with Gasteiger partial charge in [-0.15, -0.1) is 0 Å². The first-order valence-corrected chi connectivity index (χ1v) is 5.68. The van der Waals surface area contributed by atoms with Gasteiger partial charge in [0.25, 0.3) is 0 Å². The molecule has 2 unspecified atom stereocenters. The quantitative estimate of drug-likeness (QED) is 0.814. The molecule has 1 heterocycles. The molecule has 86 valence electrons. The van der Waals surface area contributed by atoms with Gasteiger partial charge in [-0.05, 0) is 37.9 Å². The fourth-order valence-electron chi connectivity index (χ4n) is 2.35. The molecule has 3 heteroatoms. The van der Waals surface area contributed by atoms with E-state index in [0.29, 0.717) is 0 Å². The van der Waals surface area contributed by atoms with E-state index in [0.717, 1.165) is 30.6 Å². The van der Waals surface area contributed by atoms with Gasteiger partial charge in [0.15, 0.2) is 0 Å². The molecule has 0 spiro atoms. The van der Waals surface area contributed by atoms with Crippen molar-refractivity contribution in [2.24, 2.45) is 5.92 Å². The Balaban J connectivity index is 2.24. The lowest BCUT2D eigenvalue weighted by molar-refractivity contribution is -0.140. The molecule has 1 aliphatic heterocycles. The van der Waals surface area contributed by atoms with E-state index in [9.17, 15) is 9.90 Å². The third-order valence-corrected chi connectivity index (χ3v) is 3.27. The molecule has 0 aromatic heterocycles. The second-order valence-corrected chi connectivity index (χ2v) is 4.48. The standard InChI is InChI=1S/C13H17NO2/c1-9-2-4-10(5-3-9)12(13(15)16)11-6-7-14-8-11/h2-5,11-12,14H,6-8H2,1H3,(H,15,16). The van der Waals surface area contributed by atoms with Crippen LogP contribution in [0.3, 0.4) is 0 Å². The number of rotatable bonds is 3. The Labute approximate surface area is 95.5 Å². The molecular weight excluding hydrogens is 202 g/mol. The van der Waals surface area contributed by atoms with Crippen LogP contribution in [0, 0.1) is 12.8 Å². The Bertz CT molecular complexity index is 366. The summed E-state index contributed by atoms with van der Waals surface area (Å²) in [5.74, 6) is -0.853. The van der Waals surface area contributed by atoms with Crippen LogP contribution in [-0.4, -0.2) is 24.2 Å². The fourth-order valence-corrected chi connectivity index (χ4v) is 2.35. The number of benzene rings is 1. The SMILES string of the molecule is Cc1ccc(C(C(=O)O)C2CCNC2)cc1. The van der Waals surface area contributed by atoms with Crippen LogP contribution in [0.2, 0.25) is 0 Å². The van der Waals surface area contributed by atoms with Gasteiger partial charge in [0.1, 0.15) is 0 Å². The highest BCUT2D eigenvalue weighted by Crippen LogP contribution is 2.29. The largest absolute Gasteiger partial charge is 0.481 e. The van der Waals surface area contributed by atoms with Crippen LogP contribution in [0.25, 0.3) is 0 Å². The molecule has 1 aromatic rings. The minimum absolute atomic E-state index is 0.222. The fraction of sp³-hybridized carbons (Fsp3) is 0.462. The van der Waals surface area contributed by atoms with E-state index in [1.807, 2.05) is 31.2 Å². The molecule has 0 bridgehead atoms. The molecule has 1 aliphatic rings. The number of aryl methyl sites for hydroxylation is 1. The summed E-state index contributed by atoms with van der Waals surface area (Å²) in [6, 6.07) is 7.83. The van der Waals surface area contributed by atoms with E-state index in [1.54, 1.807) is 0 Å². The summed E-state index contributed by atoms with van der Waals surface area (Å²) in [7, 11) is 0. The van der Waals surface area contributed by atoms with Gasteiger partial charge in [-0.25, -0.2) is 0 Å². The van der Waals surface area contributed by atoms with Crippen molar-refractivity contribution in [3.05, 3.63) is 35.4 Å². The van der Waals surface area contributed by atoms with Gasteiger partial charge in [-0.3, -0.25) is 4.79 Å². The molecule has 1 aromatic carbocycles. The van der Waals surface area contributed by atoms with E-state index in [4.69, 9.17) is 0 Å². The number of nitrogens with one attached hydrogen (secondary N) is 1. The lowest BCUT2D eigenvalue weighted by Gasteiger charge is -2.19. The van der Waals surface area contributed by atoms with Crippen molar-refractivity contribution >= 4 is 5.97 Å². The molecule has 2 rings (SSSR count). The maximum Gasteiger partial charge on any atom is 0.311 e. The normalized spacial score (nSPS) is 21.9. The van der Waals surface area contributed by atoms with Crippen LogP contribution in [-0.2, 0) is 4.79 Å². The van der Waals surface area contributed by atoms with E-state index in [-0.39, 0.29) is 11.8 Å². The zero-order chi connectivity index (χ0) is 11.5. The summed E-state index contributed by atoms with van der Waals surface area (Å²) in [4.78, 5) is 11.3. The molecule has 0 saturated carbocycles. The number of aliphatic carboxylic acids is 1.